The maximum Gasteiger partial charge on any atom is 0.192 e. The van der Waals surface area contributed by atoms with Gasteiger partial charge in [-0.3, -0.25) is 0 Å². The molecule has 0 saturated carbocycles. The summed E-state index contributed by atoms with van der Waals surface area (Å²) >= 11 is 0. The minimum Gasteiger partial charge on any atom is -0.416 e. The van der Waals surface area contributed by atoms with Crippen molar-refractivity contribution in [1.29, 1.82) is 0 Å². The minimum absolute atomic E-state index is 0.261. The molecule has 3 atom stereocenters. The summed E-state index contributed by atoms with van der Waals surface area (Å²) in [7, 11) is -1.64. The van der Waals surface area contributed by atoms with Crippen molar-refractivity contribution >= 4 is 8.32 Å². The second-order valence-electron chi connectivity index (χ2n) is 6.47. The van der Waals surface area contributed by atoms with E-state index in [-0.39, 0.29) is 11.1 Å². The first-order valence-corrected chi connectivity index (χ1v) is 9.06. The zero-order valence-electron chi connectivity index (χ0n) is 11.4. The molecule has 0 heterocycles. The molecule has 0 aromatic carbocycles. The van der Waals surface area contributed by atoms with Crippen LogP contribution in [0.15, 0.2) is 12.2 Å². The molecule has 0 aromatic heterocycles. The van der Waals surface area contributed by atoms with Crippen LogP contribution in [0.3, 0.4) is 0 Å². The maximum atomic E-state index is 9.63. The van der Waals surface area contributed by atoms with E-state index in [4.69, 9.17) is 4.43 Å². The van der Waals surface area contributed by atoms with Gasteiger partial charge in [0.2, 0.25) is 0 Å². The van der Waals surface area contributed by atoms with Crippen LogP contribution in [0.4, 0.5) is 0 Å². The smallest absolute Gasteiger partial charge is 0.192 e. The van der Waals surface area contributed by atoms with Crippen molar-refractivity contribution in [3.63, 3.8) is 0 Å². The van der Waals surface area contributed by atoms with Gasteiger partial charge in [0.05, 0.1) is 6.10 Å². The molecule has 3 heteroatoms. The van der Waals surface area contributed by atoms with Gasteiger partial charge in [0, 0.05) is 12.5 Å². The van der Waals surface area contributed by atoms with Gasteiger partial charge in [-0.2, -0.15) is 0 Å². The molecule has 0 radical (unpaired) electrons. The molecule has 0 saturated heterocycles. The van der Waals surface area contributed by atoms with Crippen LogP contribution in [0.25, 0.3) is 0 Å². The van der Waals surface area contributed by atoms with Crippen molar-refractivity contribution < 1.29 is 9.53 Å². The Bertz CT molecular complexity index is 266. The summed E-state index contributed by atoms with van der Waals surface area (Å²) in [6.07, 6.45) is 3.71. The van der Waals surface area contributed by atoms with E-state index < -0.39 is 8.32 Å². The van der Waals surface area contributed by atoms with E-state index in [1.807, 2.05) is 6.08 Å². The number of hydrogen-bond acceptors (Lipinski definition) is 2. The Morgan fingerprint density at radius 2 is 1.81 bits per heavy atom. The van der Waals surface area contributed by atoms with Crippen molar-refractivity contribution in [2.24, 2.45) is 11.8 Å². The molecule has 1 aliphatic carbocycles. The highest BCUT2D eigenvalue weighted by Crippen LogP contribution is 2.37. The fraction of sp³-hybridized carbons (Fsp3) is 0.846. The van der Waals surface area contributed by atoms with E-state index in [9.17, 15) is 5.11 Å². The molecule has 1 N–H and O–H groups in total. The van der Waals surface area contributed by atoms with Crippen LogP contribution in [0.1, 0.15) is 27.7 Å². The van der Waals surface area contributed by atoms with Crippen LogP contribution >= 0.6 is 0 Å². The maximum absolute atomic E-state index is 9.63. The van der Waals surface area contributed by atoms with E-state index in [1.54, 1.807) is 0 Å². The van der Waals surface area contributed by atoms with Crippen LogP contribution in [0.2, 0.25) is 18.1 Å². The number of aliphatic hydroxyl groups excluding tert-OH is 1. The summed E-state index contributed by atoms with van der Waals surface area (Å²) in [5.41, 5.74) is 0. The molecule has 0 aromatic rings. The first-order valence-electron chi connectivity index (χ1n) is 6.15. The van der Waals surface area contributed by atoms with Gasteiger partial charge in [-0.05, 0) is 24.1 Å². The van der Waals surface area contributed by atoms with E-state index in [0.29, 0.717) is 11.8 Å². The molecule has 94 valence electrons. The number of hydrogen-bond donors (Lipinski definition) is 1. The molecule has 2 nitrogen and oxygen atoms in total. The van der Waals surface area contributed by atoms with E-state index in [1.165, 1.54) is 0 Å². The van der Waals surface area contributed by atoms with Gasteiger partial charge in [-0.1, -0.05) is 39.8 Å². The lowest BCUT2D eigenvalue weighted by Crippen LogP contribution is -2.42. The summed E-state index contributed by atoms with van der Waals surface area (Å²) in [4.78, 5) is 0. The van der Waals surface area contributed by atoms with Crippen LogP contribution in [-0.4, -0.2) is 26.1 Å². The van der Waals surface area contributed by atoms with Crippen LogP contribution < -0.4 is 0 Å². The Balaban J connectivity index is 2.50. The molecule has 0 amide bonds. The van der Waals surface area contributed by atoms with Crippen molar-refractivity contribution in [2.45, 2.75) is 51.9 Å². The SMILES string of the molecule is C[C@@H]1[C@@H](O)C=C[C@H]1CO[Si](C)(C)C(C)(C)C. The largest absolute Gasteiger partial charge is 0.416 e. The van der Waals surface area contributed by atoms with Gasteiger partial charge in [-0.25, -0.2) is 0 Å². The Hall–Kier alpha value is -0.123. The van der Waals surface area contributed by atoms with Crippen molar-refractivity contribution in [2.75, 3.05) is 6.61 Å². The standard InChI is InChI=1S/C13H26O2Si/c1-10-11(7-8-12(10)14)9-15-16(5,6)13(2,3)4/h7-8,10-12,14H,9H2,1-6H3/t10-,11-,12-/m0/s1. The summed E-state index contributed by atoms with van der Waals surface area (Å²) in [5, 5.41) is 9.89. The molecule has 1 rings (SSSR count). The van der Waals surface area contributed by atoms with Gasteiger partial charge in [0.15, 0.2) is 8.32 Å². The van der Waals surface area contributed by atoms with Crippen molar-refractivity contribution in [1.82, 2.24) is 0 Å². The molecule has 0 bridgehead atoms. The second-order valence-corrected chi connectivity index (χ2v) is 11.3. The fourth-order valence-electron chi connectivity index (χ4n) is 1.59. The van der Waals surface area contributed by atoms with Gasteiger partial charge < -0.3 is 9.53 Å². The van der Waals surface area contributed by atoms with E-state index in [2.05, 4.69) is 46.9 Å². The average molecular weight is 242 g/mol. The number of rotatable bonds is 3. The third-order valence-electron chi connectivity index (χ3n) is 4.21. The van der Waals surface area contributed by atoms with Crippen molar-refractivity contribution in [3.8, 4) is 0 Å². The molecule has 1 aliphatic rings. The molecule has 0 fully saturated rings. The molecule has 16 heavy (non-hydrogen) atoms. The third-order valence-corrected chi connectivity index (χ3v) is 8.71. The lowest BCUT2D eigenvalue weighted by Gasteiger charge is -2.37. The summed E-state index contributed by atoms with van der Waals surface area (Å²) in [5.74, 6) is 0.675. The predicted octanol–water partition coefficient (Wildman–Crippen LogP) is 3.19. The van der Waals surface area contributed by atoms with Crippen LogP contribution in [0.5, 0.6) is 0 Å². The van der Waals surface area contributed by atoms with Crippen molar-refractivity contribution in [3.05, 3.63) is 12.2 Å². The Labute approximate surface area is 101 Å². The molecule has 0 unspecified atom stereocenters. The summed E-state index contributed by atoms with van der Waals surface area (Å²) in [6, 6.07) is 0. The summed E-state index contributed by atoms with van der Waals surface area (Å²) < 4.78 is 6.17. The van der Waals surface area contributed by atoms with E-state index >= 15 is 0 Å². The fourth-order valence-corrected chi connectivity index (χ4v) is 2.63. The molecule has 0 spiro atoms. The summed E-state index contributed by atoms with van der Waals surface area (Å²) in [6.45, 7) is 14.1. The molecular weight excluding hydrogens is 216 g/mol. The molecule has 0 aliphatic heterocycles. The van der Waals surface area contributed by atoms with Gasteiger partial charge >= 0.3 is 0 Å². The van der Waals surface area contributed by atoms with Gasteiger partial charge in [-0.15, -0.1) is 0 Å². The first kappa shape index (κ1) is 13.9. The average Bonchev–Trinajstić information content (AvgIpc) is 2.43. The third kappa shape index (κ3) is 2.96. The number of aliphatic hydroxyl groups is 1. The lowest BCUT2D eigenvalue weighted by atomic mass is 9.97. The predicted molar refractivity (Wildman–Crippen MR) is 70.9 cm³/mol. The highest BCUT2D eigenvalue weighted by atomic mass is 28.4. The van der Waals surface area contributed by atoms with E-state index in [0.717, 1.165) is 6.61 Å². The topological polar surface area (TPSA) is 29.5 Å². The first-order chi connectivity index (χ1) is 7.15. The normalized spacial score (nSPS) is 31.1. The Morgan fingerprint density at radius 1 is 1.25 bits per heavy atom. The highest BCUT2D eigenvalue weighted by molar-refractivity contribution is 6.74. The van der Waals surface area contributed by atoms with Gasteiger partial charge in [0.25, 0.3) is 0 Å². The quantitative estimate of drug-likeness (QED) is 0.608. The van der Waals surface area contributed by atoms with Crippen LogP contribution in [0, 0.1) is 11.8 Å². The lowest BCUT2D eigenvalue weighted by molar-refractivity contribution is 0.127. The van der Waals surface area contributed by atoms with Crippen LogP contribution in [-0.2, 0) is 4.43 Å². The Morgan fingerprint density at radius 3 is 2.19 bits per heavy atom. The zero-order valence-corrected chi connectivity index (χ0v) is 12.4. The minimum atomic E-state index is -1.64. The highest BCUT2D eigenvalue weighted by Gasteiger charge is 2.38. The molecular formula is C13H26O2Si. The van der Waals surface area contributed by atoms with Gasteiger partial charge in [0.1, 0.15) is 0 Å². The second kappa shape index (κ2) is 4.63. The monoisotopic (exact) mass is 242 g/mol. The zero-order chi connectivity index (χ0) is 12.6. The Kier molecular flexibility index (Phi) is 4.03.